The second-order valence-corrected chi connectivity index (χ2v) is 4.04. The Hall–Kier alpha value is -1.94. The van der Waals surface area contributed by atoms with Gasteiger partial charge in [-0.2, -0.15) is 0 Å². The van der Waals surface area contributed by atoms with Crippen LogP contribution in [0.2, 0.25) is 0 Å². The highest BCUT2D eigenvalue weighted by atomic mass is 16.5. The quantitative estimate of drug-likeness (QED) is 0.821. The zero-order valence-corrected chi connectivity index (χ0v) is 10.4. The molecule has 96 valence electrons. The fourth-order valence-electron chi connectivity index (χ4n) is 1.75. The third-order valence-corrected chi connectivity index (χ3v) is 2.86. The smallest absolute Gasteiger partial charge is 0.119 e. The van der Waals surface area contributed by atoms with Crippen LogP contribution in [0, 0.1) is 0 Å². The van der Waals surface area contributed by atoms with Gasteiger partial charge in [0.15, 0.2) is 0 Å². The summed E-state index contributed by atoms with van der Waals surface area (Å²) in [6, 6.07) is 11.5. The van der Waals surface area contributed by atoms with Gasteiger partial charge in [0.05, 0.1) is 13.7 Å². The Morgan fingerprint density at radius 3 is 2.44 bits per heavy atom. The molecule has 0 radical (unpaired) electrons. The van der Waals surface area contributed by atoms with Crippen LogP contribution in [0.5, 0.6) is 11.5 Å². The summed E-state index contributed by atoms with van der Waals surface area (Å²) >= 11 is 0. The predicted octanol–water partition coefficient (Wildman–Crippen LogP) is 2.14. The Balaban J connectivity index is 1.93. The molecule has 1 aromatic carbocycles. The molecule has 1 unspecified atom stereocenters. The van der Waals surface area contributed by atoms with E-state index in [1.165, 1.54) is 0 Å². The summed E-state index contributed by atoms with van der Waals surface area (Å²) in [6.45, 7) is 1.11. The van der Waals surface area contributed by atoms with Crippen LogP contribution in [0.25, 0.3) is 0 Å². The lowest BCUT2D eigenvalue weighted by Gasteiger charge is -2.14. The molecule has 4 heteroatoms. The van der Waals surface area contributed by atoms with Gasteiger partial charge < -0.3 is 20.2 Å². The van der Waals surface area contributed by atoms with E-state index in [0.29, 0.717) is 13.2 Å². The van der Waals surface area contributed by atoms with Gasteiger partial charge in [-0.1, -0.05) is 0 Å². The minimum atomic E-state index is 0.183. The molecule has 0 saturated heterocycles. The van der Waals surface area contributed by atoms with Gasteiger partial charge in [-0.25, -0.2) is 0 Å². The molecule has 0 aliphatic rings. The summed E-state index contributed by atoms with van der Waals surface area (Å²) < 4.78 is 10.8. The van der Waals surface area contributed by atoms with E-state index in [9.17, 15) is 0 Å². The molecule has 0 amide bonds. The number of H-pyrrole nitrogens is 1. The molecule has 1 atom stereocenters. The molecular formula is C14H18N2O2. The number of ether oxygens (including phenoxy) is 2. The van der Waals surface area contributed by atoms with E-state index in [-0.39, 0.29) is 5.92 Å². The van der Waals surface area contributed by atoms with Gasteiger partial charge in [-0.15, -0.1) is 0 Å². The largest absolute Gasteiger partial charge is 0.497 e. The van der Waals surface area contributed by atoms with Crippen molar-refractivity contribution < 1.29 is 9.47 Å². The third kappa shape index (κ3) is 3.05. The summed E-state index contributed by atoms with van der Waals surface area (Å²) in [5, 5.41) is 0. The summed E-state index contributed by atoms with van der Waals surface area (Å²) in [6.07, 6.45) is 1.89. The van der Waals surface area contributed by atoms with Crippen LogP contribution in [-0.4, -0.2) is 25.2 Å². The predicted molar refractivity (Wildman–Crippen MR) is 71.1 cm³/mol. The van der Waals surface area contributed by atoms with Gasteiger partial charge in [0.1, 0.15) is 11.5 Å². The Morgan fingerprint density at radius 2 is 1.89 bits per heavy atom. The zero-order valence-electron chi connectivity index (χ0n) is 10.4. The highest BCUT2D eigenvalue weighted by Crippen LogP contribution is 2.19. The van der Waals surface area contributed by atoms with Gasteiger partial charge in [0, 0.05) is 24.4 Å². The third-order valence-electron chi connectivity index (χ3n) is 2.86. The van der Waals surface area contributed by atoms with E-state index in [4.69, 9.17) is 15.2 Å². The maximum absolute atomic E-state index is 5.75. The first-order chi connectivity index (χ1) is 8.83. The molecule has 2 rings (SSSR count). The lowest BCUT2D eigenvalue weighted by Crippen LogP contribution is -2.19. The van der Waals surface area contributed by atoms with Crippen LogP contribution >= 0.6 is 0 Å². The number of benzene rings is 1. The van der Waals surface area contributed by atoms with Gasteiger partial charge >= 0.3 is 0 Å². The van der Waals surface area contributed by atoms with Gasteiger partial charge in [-0.05, 0) is 36.4 Å². The minimum Gasteiger partial charge on any atom is -0.497 e. The first-order valence-corrected chi connectivity index (χ1v) is 5.93. The molecular weight excluding hydrogens is 228 g/mol. The highest BCUT2D eigenvalue weighted by molar-refractivity contribution is 5.31. The summed E-state index contributed by atoms with van der Waals surface area (Å²) in [4.78, 5) is 3.16. The number of rotatable bonds is 6. The van der Waals surface area contributed by atoms with Crippen molar-refractivity contribution in [2.24, 2.45) is 5.73 Å². The molecule has 3 N–H and O–H groups in total. The van der Waals surface area contributed by atoms with Gasteiger partial charge in [0.2, 0.25) is 0 Å². The molecule has 0 bridgehead atoms. The maximum atomic E-state index is 5.75. The highest BCUT2D eigenvalue weighted by Gasteiger charge is 2.11. The van der Waals surface area contributed by atoms with Crippen LogP contribution in [0.1, 0.15) is 11.6 Å². The van der Waals surface area contributed by atoms with Gasteiger partial charge in [0.25, 0.3) is 0 Å². The number of aromatic nitrogens is 1. The standard InChI is InChI=1S/C14H18N2O2/c1-17-12-4-6-13(7-5-12)18-10-11(9-15)14-3-2-8-16-14/h2-8,11,16H,9-10,15H2,1H3. The summed E-state index contributed by atoms with van der Waals surface area (Å²) in [7, 11) is 1.64. The monoisotopic (exact) mass is 246 g/mol. The molecule has 0 spiro atoms. The van der Waals surface area contributed by atoms with Crippen molar-refractivity contribution in [3.63, 3.8) is 0 Å². The fraction of sp³-hybridized carbons (Fsp3) is 0.286. The van der Waals surface area contributed by atoms with E-state index >= 15 is 0 Å². The van der Waals surface area contributed by atoms with E-state index in [2.05, 4.69) is 4.98 Å². The fourth-order valence-corrected chi connectivity index (χ4v) is 1.75. The molecule has 1 heterocycles. The zero-order chi connectivity index (χ0) is 12.8. The molecule has 0 aliphatic heterocycles. The number of nitrogens with two attached hydrogens (primary N) is 1. The molecule has 1 aromatic heterocycles. The van der Waals surface area contributed by atoms with Crippen molar-refractivity contribution >= 4 is 0 Å². The number of methoxy groups -OCH3 is 1. The van der Waals surface area contributed by atoms with E-state index in [1.54, 1.807) is 7.11 Å². The first-order valence-electron chi connectivity index (χ1n) is 5.93. The van der Waals surface area contributed by atoms with Crippen LogP contribution < -0.4 is 15.2 Å². The van der Waals surface area contributed by atoms with E-state index in [0.717, 1.165) is 17.2 Å². The Kier molecular flexibility index (Phi) is 4.25. The summed E-state index contributed by atoms with van der Waals surface area (Å²) in [5.74, 6) is 1.82. The Morgan fingerprint density at radius 1 is 1.17 bits per heavy atom. The lowest BCUT2D eigenvalue weighted by atomic mass is 10.1. The molecule has 0 fully saturated rings. The number of hydrogen-bond donors (Lipinski definition) is 2. The maximum Gasteiger partial charge on any atom is 0.119 e. The van der Waals surface area contributed by atoms with Crippen molar-refractivity contribution in [2.75, 3.05) is 20.3 Å². The van der Waals surface area contributed by atoms with Gasteiger partial charge in [-0.3, -0.25) is 0 Å². The van der Waals surface area contributed by atoms with Crippen molar-refractivity contribution in [1.82, 2.24) is 4.98 Å². The number of hydrogen-bond acceptors (Lipinski definition) is 3. The minimum absolute atomic E-state index is 0.183. The average Bonchev–Trinajstić information content (AvgIpc) is 2.94. The van der Waals surface area contributed by atoms with E-state index in [1.807, 2.05) is 42.6 Å². The molecule has 2 aromatic rings. The van der Waals surface area contributed by atoms with Crippen molar-refractivity contribution in [3.8, 4) is 11.5 Å². The number of nitrogens with one attached hydrogen (secondary N) is 1. The second-order valence-electron chi connectivity index (χ2n) is 4.04. The van der Waals surface area contributed by atoms with Crippen LogP contribution in [0.3, 0.4) is 0 Å². The first kappa shape index (κ1) is 12.5. The molecule has 18 heavy (non-hydrogen) atoms. The SMILES string of the molecule is COc1ccc(OCC(CN)c2ccc[nH]2)cc1. The van der Waals surface area contributed by atoms with Crippen molar-refractivity contribution in [2.45, 2.75) is 5.92 Å². The molecule has 0 aliphatic carbocycles. The van der Waals surface area contributed by atoms with Crippen molar-refractivity contribution in [3.05, 3.63) is 48.3 Å². The normalized spacial score (nSPS) is 12.1. The topological polar surface area (TPSA) is 60.3 Å². The lowest BCUT2D eigenvalue weighted by molar-refractivity contribution is 0.288. The van der Waals surface area contributed by atoms with Crippen LogP contribution in [0.15, 0.2) is 42.6 Å². The van der Waals surface area contributed by atoms with Crippen LogP contribution in [-0.2, 0) is 0 Å². The number of aromatic amines is 1. The molecule has 4 nitrogen and oxygen atoms in total. The van der Waals surface area contributed by atoms with E-state index < -0.39 is 0 Å². The Bertz CT molecular complexity index is 451. The second kappa shape index (κ2) is 6.12. The Labute approximate surface area is 107 Å². The van der Waals surface area contributed by atoms with Crippen LogP contribution in [0.4, 0.5) is 0 Å². The van der Waals surface area contributed by atoms with Crippen molar-refractivity contribution in [1.29, 1.82) is 0 Å². The molecule has 0 saturated carbocycles. The average molecular weight is 246 g/mol. The summed E-state index contributed by atoms with van der Waals surface area (Å²) in [5.41, 5.74) is 6.86.